The van der Waals surface area contributed by atoms with Crippen LogP contribution < -0.4 is 5.32 Å². The van der Waals surface area contributed by atoms with Crippen molar-refractivity contribution in [2.45, 2.75) is 19.8 Å². The van der Waals surface area contributed by atoms with Crippen LogP contribution in [0.1, 0.15) is 27.4 Å². The number of rotatable bonds is 4. The van der Waals surface area contributed by atoms with Crippen LogP contribution >= 0.6 is 11.3 Å². The summed E-state index contributed by atoms with van der Waals surface area (Å²) in [5, 5.41) is 11.6. The maximum Gasteiger partial charge on any atom is 0.308 e. The number of carboxylic acid groups (broad SMARTS) is 1. The quantitative estimate of drug-likeness (QED) is 0.872. The molecule has 1 saturated heterocycles. The minimum absolute atomic E-state index is 0.0951. The predicted octanol–water partition coefficient (Wildman–Crippen LogP) is 1.11. The summed E-state index contributed by atoms with van der Waals surface area (Å²) in [4.78, 5) is 38.0. The molecule has 2 heterocycles. The Balaban J connectivity index is 1.84. The van der Waals surface area contributed by atoms with Crippen molar-refractivity contribution >= 4 is 29.1 Å². The fraction of sp³-hybridized carbons (Fsp3) is 0.500. The first kappa shape index (κ1) is 15.5. The number of likely N-dealkylation sites (tertiary alicyclic amines) is 1. The average Bonchev–Trinajstić information content (AvgIpc) is 2.91. The molecular weight excluding hydrogens is 292 g/mol. The van der Waals surface area contributed by atoms with E-state index < -0.39 is 11.9 Å². The molecule has 2 amide bonds. The molecule has 0 radical (unpaired) electrons. The van der Waals surface area contributed by atoms with Crippen molar-refractivity contribution in [3.63, 3.8) is 0 Å². The summed E-state index contributed by atoms with van der Waals surface area (Å²) in [5.41, 5.74) is 0. The first-order valence-corrected chi connectivity index (χ1v) is 7.64. The summed E-state index contributed by atoms with van der Waals surface area (Å²) in [5.74, 6) is -1.88. The number of carbonyl (C=O) groups is 3. The fourth-order valence-corrected chi connectivity index (χ4v) is 3.10. The van der Waals surface area contributed by atoms with Gasteiger partial charge in [-0.05, 0) is 31.9 Å². The van der Waals surface area contributed by atoms with E-state index in [1.807, 2.05) is 13.0 Å². The molecule has 0 aromatic carbocycles. The van der Waals surface area contributed by atoms with Gasteiger partial charge in [-0.1, -0.05) is 0 Å². The van der Waals surface area contributed by atoms with Crippen molar-refractivity contribution in [1.82, 2.24) is 10.2 Å². The second-order valence-electron chi connectivity index (χ2n) is 5.11. The highest BCUT2D eigenvalue weighted by molar-refractivity contribution is 7.13. The number of thiophene rings is 1. The number of carboxylic acids is 1. The number of carbonyl (C=O) groups excluding carboxylic acids is 2. The van der Waals surface area contributed by atoms with Crippen LogP contribution in [0.2, 0.25) is 0 Å². The number of hydrogen-bond acceptors (Lipinski definition) is 4. The largest absolute Gasteiger partial charge is 0.481 e. The van der Waals surface area contributed by atoms with Gasteiger partial charge in [0.25, 0.3) is 5.91 Å². The normalized spacial score (nSPS) is 18.3. The first-order valence-electron chi connectivity index (χ1n) is 6.82. The van der Waals surface area contributed by atoms with Crippen LogP contribution in [0.25, 0.3) is 0 Å². The lowest BCUT2D eigenvalue weighted by Crippen LogP contribution is -2.46. The number of amides is 2. The molecule has 0 spiro atoms. The van der Waals surface area contributed by atoms with Gasteiger partial charge in [0.15, 0.2) is 0 Å². The topological polar surface area (TPSA) is 86.7 Å². The van der Waals surface area contributed by atoms with Crippen LogP contribution in [0.5, 0.6) is 0 Å². The standard InChI is InChI=1S/C14H18N2O4S/c1-9-4-5-11(21-9)13(18)15-7-12(17)16-6-2-3-10(8-16)14(19)20/h4-5,10H,2-3,6-8H2,1H3,(H,15,18)(H,19,20)/t10-/m1/s1. The van der Waals surface area contributed by atoms with Crippen LogP contribution in [-0.2, 0) is 9.59 Å². The summed E-state index contributed by atoms with van der Waals surface area (Å²) < 4.78 is 0. The van der Waals surface area contributed by atoms with Crippen LogP contribution in [-0.4, -0.2) is 47.4 Å². The highest BCUT2D eigenvalue weighted by Gasteiger charge is 2.28. The van der Waals surface area contributed by atoms with Crippen molar-refractivity contribution < 1.29 is 19.5 Å². The molecule has 1 fully saturated rings. The van der Waals surface area contributed by atoms with Gasteiger partial charge in [-0.25, -0.2) is 0 Å². The number of piperidine rings is 1. The Morgan fingerprint density at radius 3 is 2.81 bits per heavy atom. The number of hydrogen-bond donors (Lipinski definition) is 2. The number of nitrogens with one attached hydrogen (secondary N) is 1. The number of nitrogens with zero attached hydrogens (tertiary/aromatic N) is 1. The molecule has 6 nitrogen and oxygen atoms in total. The van der Waals surface area contributed by atoms with E-state index in [-0.39, 0.29) is 24.9 Å². The third-order valence-corrected chi connectivity index (χ3v) is 4.49. The Morgan fingerprint density at radius 2 is 2.19 bits per heavy atom. The monoisotopic (exact) mass is 310 g/mol. The van der Waals surface area contributed by atoms with Gasteiger partial charge in [-0.3, -0.25) is 14.4 Å². The Kier molecular flexibility index (Phi) is 4.95. The van der Waals surface area contributed by atoms with Crippen molar-refractivity contribution in [2.75, 3.05) is 19.6 Å². The zero-order chi connectivity index (χ0) is 15.4. The van der Waals surface area contributed by atoms with Crippen molar-refractivity contribution in [3.05, 3.63) is 21.9 Å². The summed E-state index contributed by atoms with van der Waals surface area (Å²) in [6.45, 7) is 2.59. The lowest BCUT2D eigenvalue weighted by atomic mass is 9.98. The lowest BCUT2D eigenvalue weighted by Gasteiger charge is -2.30. The Bertz CT molecular complexity index is 555. The molecule has 1 aliphatic heterocycles. The molecule has 1 aromatic rings. The van der Waals surface area contributed by atoms with Crippen LogP contribution in [0.4, 0.5) is 0 Å². The molecular formula is C14H18N2O4S. The van der Waals surface area contributed by atoms with Gasteiger partial charge in [0.2, 0.25) is 5.91 Å². The van der Waals surface area contributed by atoms with Gasteiger partial charge >= 0.3 is 5.97 Å². The second kappa shape index (κ2) is 6.71. The molecule has 0 aliphatic carbocycles. The third-order valence-electron chi connectivity index (χ3n) is 3.49. The molecule has 0 bridgehead atoms. The number of aliphatic carboxylic acids is 1. The smallest absolute Gasteiger partial charge is 0.308 e. The Morgan fingerprint density at radius 1 is 1.43 bits per heavy atom. The molecule has 1 aliphatic rings. The van der Waals surface area contributed by atoms with Crippen molar-refractivity contribution in [2.24, 2.45) is 5.92 Å². The van der Waals surface area contributed by atoms with E-state index in [4.69, 9.17) is 5.11 Å². The molecule has 2 N–H and O–H groups in total. The SMILES string of the molecule is Cc1ccc(C(=O)NCC(=O)N2CCC[C@@H](C(=O)O)C2)s1. The van der Waals surface area contributed by atoms with E-state index in [9.17, 15) is 14.4 Å². The maximum absolute atomic E-state index is 12.0. The second-order valence-corrected chi connectivity index (χ2v) is 6.40. The van der Waals surface area contributed by atoms with Crippen molar-refractivity contribution in [3.8, 4) is 0 Å². The van der Waals surface area contributed by atoms with E-state index in [0.717, 1.165) is 4.88 Å². The molecule has 21 heavy (non-hydrogen) atoms. The van der Waals surface area contributed by atoms with E-state index in [2.05, 4.69) is 5.32 Å². The van der Waals surface area contributed by atoms with Gasteiger partial charge in [-0.2, -0.15) is 0 Å². The van der Waals surface area contributed by atoms with E-state index >= 15 is 0 Å². The van der Waals surface area contributed by atoms with Gasteiger partial charge in [0.1, 0.15) is 0 Å². The summed E-state index contributed by atoms with van der Waals surface area (Å²) in [7, 11) is 0. The highest BCUT2D eigenvalue weighted by Crippen LogP contribution is 2.17. The molecule has 2 rings (SSSR count). The summed E-state index contributed by atoms with van der Waals surface area (Å²) in [6, 6.07) is 3.57. The zero-order valence-corrected chi connectivity index (χ0v) is 12.6. The summed E-state index contributed by atoms with van der Waals surface area (Å²) in [6.07, 6.45) is 1.28. The molecule has 1 atom stereocenters. The number of aryl methyl sites for hydroxylation is 1. The van der Waals surface area contributed by atoms with Gasteiger partial charge in [0.05, 0.1) is 17.3 Å². The minimum Gasteiger partial charge on any atom is -0.481 e. The first-order chi connectivity index (χ1) is 9.97. The Hall–Kier alpha value is -1.89. The molecule has 7 heteroatoms. The van der Waals surface area contributed by atoms with E-state index in [1.54, 1.807) is 6.07 Å². The maximum atomic E-state index is 12.0. The molecule has 0 unspecified atom stereocenters. The van der Waals surface area contributed by atoms with Crippen LogP contribution in [0.15, 0.2) is 12.1 Å². The predicted molar refractivity (Wildman–Crippen MR) is 78.3 cm³/mol. The molecule has 114 valence electrons. The van der Waals surface area contributed by atoms with E-state index in [1.165, 1.54) is 16.2 Å². The van der Waals surface area contributed by atoms with Crippen molar-refractivity contribution in [1.29, 1.82) is 0 Å². The van der Waals surface area contributed by atoms with Gasteiger partial charge in [-0.15, -0.1) is 11.3 Å². The highest BCUT2D eigenvalue weighted by atomic mass is 32.1. The van der Waals surface area contributed by atoms with Crippen LogP contribution in [0.3, 0.4) is 0 Å². The van der Waals surface area contributed by atoms with Gasteiger partial charge < -0.3 is 15.3 Å². The average molecular weight is 310 g/mol. The molecule has 0 saturated carbocycles. The lowest BCUT2D eigenvalue weighted by molar-refractivity contribution is -0.145. The minimum atomic E-state index is -0.870. The third kappa shape index (κ3) is 4.04. The fourth-order valence-electron chi connectivity index (χ4n) is 2.32. The zero-order valence-electron chi connectivity index (χ0n) is 11.8. The molecule has 1 aromatic heterocycles. The van der Waals surface area contributed by atoms with E-state index in [0.29, 0.717) is 24.3 Å². The summed E-state index contributed by atoms with van der Waals surface area (Å²) >= 11 is 1.37. The Labute approximate surface area is 126 Å². The van der Waals surface area contributed by atoms with Gasteiger partial charge in [0, 0.05) is 18.0 Å². The van der Waals surface area contributed by atoms with Crippen LogP contribution in [0, 0.1) is 12.8 Å².